The fourth-order valence-electron chi connectivity index (χ4n) is 2.21. The number of nitrogens with zero attached hydrogens (tertiary/aromatic N) is 1. The molecule has 0 bridgehead atoms. The predicted octanol–water partition coefficient (Wildman–Crippen LogP) is 1.81. The van der Waals surface area contributed by atoms with Gasteiger partial charge in [0.05, 0.1) is 6.61 Å². The summed E-state index contributed by atoms with van der Waals surface area (Å²) in [5.74, 6) is 0. The summed E-state index contributed by atoms with van der Waals surface area (Å²) in [4.78, 5) is 2.33. The van der Waals surface area contributed by atoms with E-state index in [-0.39, 0.29) is 6.61 Å². The van der Waals surface area contributed by atoms with E-state index in [2.05, 4.69) is 22.3 Å². The molecule has 1 aromatic carbocycles. The van der Waals surface area contributed by atoms with Crippen molar-refractivity contribution in [1.29, 1.82) is 0 Å². The van der Waals surface area contributed by atoms with Crippen molar-refractivity contribution in [2.75, 3.05) is 31.1 Å². The first-order valence-corrected chi connectivity index (χ1v) is 6.44. The maximum absolute atomic E-state index is 8.78. The molecule has 2 N–H and O–H groups in total. The minimum atomic E-state index is 0.201. The molecule has 2 rings (SSSR count). The summed E-state index contributed by atoms with van der Waals surface area (Å²) >= 11 is 6.14. The highest BCUT2D eigenvalue weighted by Crippen LogP contribution is 2.25. The number of hydrogen-bond donors (Lipinski definition) is 2. The van der Waals surface area contributed by atoms with E-state index >= 15 is 0 Å². The number of benzene rings is 1. The van der Waals surface area contributed by atoms with Crippen molar-refractivity contribution in [1.82, 2.24) is 5.32 Å². The minimum Gasteiger partial charge on any atom is -0.395 e. The Morgan fingerprint density at radius 1 is 1.53 bits per heavy atom. The van der Waals surface area contributed by atoms with Crippen LogP contribution in [0.15, 0.2) is 18.2 Å². The average molecular weight is 255 g/mol. The number of halogens is 1. The van der Waals surface area contributed by atoms with Crippen LogP contribution in [0.25, 0.3) is 0 Å². The molecule has 94 valence electrons. The zero-order chi connectivity index (χ0) is 12.3. The van der Waals surface area contributed by atoms with Crippen molar-refractivity contribution in [3.63, 3.8) is 0 Å². The zero-order valence-electron chi connectivity index (χ0n) is 10.1. The van der Waals surface area contributed by atoms with Gasteiger partial charge < -0.3 is 15.3 Å². The number of rotatable bonds is 4. The Morgan fingerprint density at radius 3 is 3.06 bits per heavy atom. The first kappa shape index (κ1) is 12.7. The Labute approximate surface area is 107 Å². The lowest BCUT2D eigenvalue weighted by atomic mass is 10.2. The van der Waals surface area contributed by atoms with Crippen LogP contribution in [0.1, 0.15) is 12.0 Å². The van der Waals surface area contributed by atoms with Crippen molar-refractivity contribution in [2.45, 2.75) is 19.4 Å². The molecule has 1 aromatic rings. The maximum Gasteiger partial charge on any atom is 0.0556 e. The quantitative estimate of drug-likeness (QED) is 0.860. The Balaban J connectivity index is 1.97. The van der Waals surface area contributed by atoms with E-state index in [0.717, 1.165) is 30.1 Å². The zero-order valence-corrected chi connectivity index (χ0v) is 10.9. The molecule has 0 aromatic heterocycles. The van der Waals surface area contributed by atoms with Gasteiger partial charge in [-0.15, -0.1) is 0 Å². The van der Waals surface area contributed by atoms with Gasteiger partial charge in [0.1, 0.15) is 0 Å². The van der Waals surface area contributed by atoms with E-state index in [1.54, 1.807) is 0 Å². The van der Waals surface area contributed by atoms with Crippen LogP contribution in [0.4, 0.5) is 5.69 Å². The third-order valence-corrected chi connectivity index (χ3v) is 3.66. The number of anilines is 1. The van der Waals surface area contributed by atoms with Gasteiger partial charge >= 0.3 is 0 Å². The van der Waals surface area contributed by atoms with Gasteiger partial charge in [-0.1, -0.05) is 17.7 Å². The standard InChI is InChI=1S/C13H19ClN2O/c1-10-2-3-12(8-13(10)14)16-6-4-11(9-16)15-5-7-17/h2-3,8,11,15,17H,4-7,9H2,1H3. The lowest BCUT2D eigenvalue weighted by molar-refractivity contribution is 0.286. The molecule has 1 atom stereocenters. The largest absolute Gasteiger partial charge is 0.395 e. The highest BCUT2D eigenvalue weighted by Gasteiger charge is 2.22. The van der Waals surface area contributed by atoms with E-state index in [0.29, 0.717) is 12.6 Å². The highest BCUT2D eigenvalue weighted by atomic mass is 35.5. The molecule has 0 amide bonds. The van der Waals surface area contributed by atoms with Crippen molar-refractivity contribution in [3.8, 4) is 0 Å². The molecular weight excluding hydrogens is 236 g/mol. The van der Waals surface area contributed by atoms with E-state index in [4.69, 9.17) is 16.7 Å². The lowest BCUT2D eigenvalue weighted by Crippen LogP contribution is -2.34. The molecule has 17 heavy (non-hydrogen) atoms. The van der Waals surface area contributed by atoms with E-state index in [1.165, 1.54) is 5.69 Å². The van der Waals surface area contributed by atoms with Gasteiger partial charge in [-0.2, -0.15) is 0 Å². The molecule has 4 heteroatoms. The predicted molar refractivity (Wildman–Crippen MR) is 71.9 cm³/mol. The Morgan fingerprint density at radius 2 is 2.35 bits per heavy atom. The summed E-state index contributed by atoms with van der Waals surface area (Å²) in [6, 6.07) is 6.69. The van der Waals surface area contributed by atoms with Gasteiger partial charge in [0, 0.05) is 36.4 Å². The van der Waals surface area contributed by atoms with Crippen molar-refractivity contribution in [2.24, 2.45) is 0 Å². The monoisotopic (exact) mass is 254 g/mol. The third kappa shape index (κ3) is 3.12. The Kier molecular flexibility index (Phi) is 4.26. The summed E-state index contributed by atoms with van der Waals surface area (Å²) in [6.07, 6.45) is 1.12. The highest BCUT2D eigenvalue weighted by molar-refractivity contribution is 6.31. The van der Waals surface area contributed by atoms with Crippen LogP contribution in [-0.2, 0) is 0 Å². The summed E-state index contributed by atoms with van der Waals surface area (Å²) in [5.41, 5.74) is 2.30. The van der Waals surface area contributed by atoms with Gasteiger partial charge in [-0.25, -0.2) is 0 Å². The third-order valence-electron chi connectivity index (χ3n) is 3.25. The molecule has 0 saturated carbocycles. The number of aliphatic hydroxyl groups is 1. The van der Waals surface area contributed by atoms with Gasteiger partial charge in [-0.05, 0) is 31.0 Å². The van der Waals surface area contributed by atoms with E-state index < -0.39 is 0 Å². The van der Waals surface area contributed by atoms with Crippen LogP contribution in [-0.4, -0.2) is 37.4 Å². The van der Waals surface area contributed by atoms with Crippen LogP contribution in [0.5, 0.6) is 0 Å². The molecule has 3 nitrogen and oxygen atoms in total. The number of aryl methyl sites for hydroxylation is 1. The number of aliphatic hydroxyl groups excluding tert-OH is 1. The summed E-state index contributed by atoms with van der Waals surface area (Å²) in [7, 11) is 0. The fourth-order valence-corrected chi connectivity index (χ4v) is 2.38. The smallest absolute Gasteiger partial charge is 0.0556 e. The lowest BCUT2D eigenvalue weighted by Gasteiger charge is -2.19. The van der Waals surface area contributed by atoms with Crippen LogP contribution < -0.4 is 10.2 Å². The molecule has 1 aliphatic rings. The fraction of sp³-hybridized carbons (Fsp3) is 0.538. The average Bonchev–Trinajstić information content (AvgIpc) is 2.79. The summed E-state index contributed by atoms with van der Waals surface area (Å²) < 4.78 is 0. The number of nitrogens with one attached hydrogen (secondary N) is 1. The first-order chi connectivity index (χ1) is 8.20. The molecule has 1 heterocycles. The first-order valence-electron chi connectivity index (χ1n) is 6.06. The SMILES string of the molecule is Cc1ccc(N2CCC(NCCO)C2)cc1Cl. The molecule has 1 fully saturated rings. The molecular formula is C13H19ClN2O. The second-order valence-corrected chi connectivity index (χ2v) is 4.95. The molecule has 1 aliphatic heterocycles. The van der Waals surface area contributed by atoms with Crippen molar-refractivity contribution < 1.29 is 5.11 Å². The maximum atomic E-state index is 8.78. The minimum absolute atomic E-state index is 0.201. The van der Waals surface area contributed by atoms with Crippen LogP contribution in [0.3, 0.4) is 0 Å². The van der Waals surface area contributed by atoms with Crippen molar-refractivity contribution in [3.05, 3.63) is 28.8 Å². The van der Waals surface area contributed by atoms with Crippen LogP contribution in [0, 0.1) is 6.92 Å². The molecule has 1 saturated heterocycles. The van der Waals surface area contributed by atoms with E-state index in [1.807, 2.05) is 13.0 Å². The Hall–Kier alpha value is -0.770. The van der Waals surface area contributed by atoms with Gasteiger partial charge in [-0.3, -0.25) is 0 Å². The molecule has 0 spiro atoms. The van der Waals surface area contributed by atoms with Gasteiger partial charge in [0.2, 0.25) is 0 Å². The molecule has 1 unspecified atom stereocenters. The summed E-state index contributed by atoms with van der Waals surface area (Å²) in [5, 5.41) is 12.9. The van der Waals surface area contributed by atoms with Crippen LogP contribution >= 0.6 is 11.6 Å². The second kappa shape index (κ2) is 5.71. The topological polar surface area (TPSA) is 35.5 Å². The Bertz CT molecular complexity index is 384. The molecule has 0 aliphatic carbocycles. The van der Waals surface area contributed by atoms with Gasteiger partial charge in [0.25, 0.3) is 0 Å². The second-order valence-electron chi connectivity index (χ2n) is 4.54. The number of hydrogen-bond acceptors (Lipinski definition) is 3. The van der Waals surface area contributed by atoms with Crippen LogP contribution in [0.2, 0.25) is 5.02 Å². The van der Waals surface area contributed by atoms with Crippen molar-refractivity contribution >= 4 is 17.3 Å². The normalized spacial score (nSPS) is 19.9. The van der Waals surface area contributed by atoms with Gasteiger partial charge in [0.15, 0.2) is 0 Å². The summed E-state index contributed by atoms with van der Waals surface area (Å²) in [6.45, 7) is 4.92. The van der Waals surface area contributed by atoms with E-state index in [9.17, 15) is 0 Å². The molecule has 0 radical (unpaired) electrons.